The Morgan fingerprint density at radius 1 is 0.886 bits per heavy atom. The molecule has 0 radical (unpaired) electrons. The van der Waals surface area contributed by atoms with E-state index in [4.69, 9.17) is 0 Å². The molecule has 4 rings (SSSR count). The van der Waals surface area contributed by atoms with Crippen LogP contribution in [0, 0.1) is 0 Å². The van der Waals surface area contributed by atoms with Crippen LogP contribution >= 0.6 is 0 Å². The molecule has 182 valence electrons. The van der Waals surface area contributed by atoms with Crippen LogP contribution in [0.2, 0.25) is 0 Å². The summed E-state index contributed by atoms with van der Waals surface area (Å²) in [5.74, 6) is 0. The largest absolute Gasteiger partial charge is 0.416 e. The van der Waals surface area contributed by atoms with Gasteiger partial charge in [-0.25, -0.2) is 9.97 Å². The van der Waals surface area contributed by atoms with Crippen molar-refractivity contribution in [3.63, 3.8) is 0 Å². The molecule has 0 aliphatic carbocycles. The Bertz CT molecular complexity index is 1430. The van der Waals surface area contributed by atoms with Gasteiger partial charge in [-0.15, -0.1) is 0 Å². The molecule has 0 bridgehead atoms. The third kappa shape index (κ3) is 4.76. The zero-order chi connectivity index (χ0) is 25.5. The SMILES string of the molecule is CC(CO)n1cnc2c(-c3ccc(C(F)(F)F)cc3)nc(-c3ccc(C(F)(F)F)cc3)cc2c1=O. The molecule has 1 unspecified atom stereocenters. The number of rotatable bonds is 4. The van der Waals surface area contributed by atoms with Gasteiger partial charge in [0.25, 0.3) is 5.56 Å². The van der Waals surface area contributed by atoms with E-state index in [1.807, 2.05) is 0 Å². The van der Waals surface area contributed by atoms with Gasteiger partial charge in [-0.2, -0.15) is 26.3 Å². The predicted octanol–water partition coefficient (Wildman–Crippen LogP) is 5.72. The number of fused-ring (bicyclic) bond motifs is 1. The van der Waals surface area contributed by atoms with Crippen molar-refractivity contribution < 1.29 is 31.4 Å². The van der Waals surface area contributed by atoms with Gasteiger partial charge in [0, 0.05) is 11.1 Å². The average molecular weight is 493 g/mol. The Kier molecular flexibility index (Phi) is 6.14. The first-order valence-corrected chi connectivity index (χ1v) is 10.3. The van der Waals surface area contributed by atoms with Gasteiger partial charge in [0.1, 0.15) is 5.52 Å². The first-order chi connectivity index (χ1) is 16.4. The van der Waals surface area contributed by atoms with Crippen LogP contribution in [0.5, 0.6) is 0 Å². The lowest BCUT2D eigenvalue weighted by molar-refractivity contribution is -0.138. The Morgan fingerprint density at radius 2 is 1.40 bits per heavy atom. The van der Waals surface area contributed by atoms with Gasteiger partial charge in [-0.05, 0) is 37.3 Å². The molecule has 0 aliphatic rings. The number of nitrogens with zero attached hydrogens (tertiary/aromatic N) is 3. The monoisotopic (exact) mass is 493 g/mol. The summed E-state index contributed by atoms with van der Waals surface area (Å²) in [4.78, 5) is 21.9. The smallest absolute Gasteiger partial charge is 0.394 e. The lowest BCUT2D eigenvalue weighted by Crippen LogP contribution is -2.25. The fourth-order valence-electron chi connectivity index (χ4n) is 3.54. The quantitative estimate of drug-likeness (QED) is 0.370. The van der Waals surface area contributed by atoms with Crippen LogP contribution in [0.4, 0.5) is 26.3 Å². The van der Waals surface area contributed by atoms with Crippen molar-refractivity contribution in [1.82, 2.24) is 14.5 Å². The molecule has 0 spiro atoms. The minimum atomic E-state index is -4.55. The van der Waals surface area contributed by atoms with E-state index in [1.54, 1.807) is 6.92 Å². The van der Waals surface area contributed by atoms with Crippen LogP contribution in [-0.2, 0) is 12.4 Å². The van der Waals surface area contributed by atoms with Crippen LogP contribution < -0.4 is 5.56 Å². The third-order valence-corrected chi connectivity index (χ3v) is 5.50. The number of aliphatic hydroxyl groups is 1. The highest BCUT2D eigenvalue weighted by Crippen LogP contribution is 2.34. The van der Waals surface area contributed by atoms with Crippen LogP contribution in [0.1, 0.15) is 24.1 Å². The molecule has 2 aromatic carbocycles. The van der Waals surface area contributed by atoms with E-state index in [0.717, 1.165) is 24.3 Å². The van der Waals surface area contributed by atoms with Crippen molar-refractivity contribution in [3.8, 4) is 22.5 Å². The maximum absolute atomic E-state index is 13.2. The number of aromatic nitrogens is 3. The van der Waals surface area contributed by atoms with Crippen molar-refractivity contribution in [3.05, 3.63) is 82.4 Å². The van der Waals surface area contributed by atoms with E-state index in [1.165, 1.54) is 41.2 Å². The number of alkyl halides is 6. The maximum Gasteiger partial charge on any atom is 0.416 e. The summed E-state index contributed by atoms with van der Waals surface area (Å²) < 4.78 is 79.1. The van der Waals surface area contributed by atoms with E-state index in [2.05, 4.69) is 9.97 Å². The fraction of sp³-hybridized carbons (Fsp3) is 0.208. The normalized spacial score (nSPS) is 13.3. The standard InChI is InChI=1S/C24H17F6N3O2/c1-13(11-34)33-12-31-21-18(22(33)35)10-19(14-2-6-16(7-3-14)23(25,26)27)32-20(21)15-4-8-17(9-5-15)24(28,29)30/h2-10,12-13,34H,11H2,1H3. The minimum Gasteiger partial charge on any atom is -0.394 e. The van der Waals surface area contributed by atoms with Crippen molar-refractivity contribution in [2.75, 3.05) is 6.61 Å². The number of hydrogen-bond donors (Lipinski definition) is 1. The van der Waals surface area contributed by atoms with Gasteiger partial charge >= 0.3 is 12.4 Å². The van der Waals surface area contributed by atoms with E-state index >= 15 is 0 Å². The molecule has 4 aromatic rings. The number of hydrogen-bond acceptors (Lipinski definition) is 4. The second kappa shape index (κ2) is 8.81. The van der Waals surface area contributed by atoms with E-state index < -0.39 is 35.1 Å². The molecule has 1 N–H and O–H groups in total. The summed E-state index contributed by atoms with van der Waals surface area (Å²) in [6, 6.07) is 8.97. The van der Waals surface area contributed by atoms with Crippen molar-refractivity contribution in [1.29, 1.82) is 0 Å². The first-order valence-electron chi connectivity index (χ1n) is 10.3. The zero-order valence-corrected chi connectivity index (χ0v) is 18.0. The molecule has 0 fully saturated rings. The Balaban J connectivity index is 1.96. The van der Waals surface area contributed by atoms with Gasteiger partial charge in [0.05, 0.1) is 46.9 Å². The second-order valence-corrected chi connectivity index (χ2v) is 7.89. The molecule has 11 heteroatoms. The highest BCUT2D eigenvalue weighted by Gasteiger charge is 2.31. The summed E-state index contributed by atoms with van der Waals surface area (Å²) in [6.45, 7) is 1.24. The number of pyridine rings is 1. The molecule has 1 atom stereocenters. The molecule has 35 heavy (non-hydrogen) atoms. The van der Waals surface area contributed by atoms with Gasteiger partial charge < -0.3 is 5.11 Å². The second-order valence-electron chi connectivity index (χ2n) is 7.89. The van der Waals surface area contributed by atoms with Gasteiger partial charge in [0.2, 0.25) is 0 Å². The van der Waals surface area contributed by atoms with E-state index in [-0.39, 0.29) is 40.0 Å². The predicted molar refractivity (Wildman–Crippen MR) is 116 cm³/mol. The zero-order valence-electron chi connectivity index (χ0n) is 18.0. The fourth-order valence-corrected chi connectivity index (χ4v) is 3.54. The molecule has 5 nitrogen and oxygen atoms in total. The van der Waals surface area contributed by atoms with Gasteiger partial charge in [-0.3, -0.25) is 9.36 Å². The summed E-state index contributed by atoms with van der Waals surface area (Å²) in [5, 5.41) is 9.50. The Hall–Kier alpha value is -3.73. The van der Waals surface area contributed by atoms with Gasteiger partial charge in [-0.1, -0.05) is 24.3 Å². The minimum absolute atomic E-state index is 0.0487. The van der Waals surface area contributed by atoms with Gasteiger partial charge in [0.15, 0.2) is 0 Å². The lowest BCUT2D eigenvalue weighted by atomic mass is 10.0. The van der Waals surface area contributed by atoms with Crippen molar-refractivity contribution >= 4 is 10.9 Å². The van der Waals surface area contributed by atoms with Crippen molar-refractivity contribution in [2.24, 2.45) is 0 Å². The molecule has 0 saturated heterocycles. The van der Waals surface area contributed by atoms with Crippen LogP contribution in [0.3, 0.4) is 0 Å². The van der Waals surface area contributed by atoms with E-state index in [9.17, 15) is 36.2 Å². The number of aliphatic hydroxyl groups excluding tert-OH is 1. The van der Waals surface area contributed by atoms with Crippen molar-refractivity contribution in [2.45, 2.75) is 25.3 Å². The Morgan fingerprint density at radius 3 is 1.89 bits per heavy atom. The topological polar surface area (TPSA) is 68.0 Å². The van der Waals surface area contributed by atoms with Crippen LogP contribution in [0.25, 0.3) is 33.4 Å². The molecular formula is C24H17F6N3O2. The number of benzene rings is 2. The third-order valence-electron chi connectivity index (χ3n) is 5.50. The molecule has 0 aliphatic heterocycles. The lowest BCUT2D eigenvalue weighted by Gasteiger charge is -2.15. The molecular weight excluding hydrogens is 476 g/mol. The molecule has 0 saturated carbocycles. The summed E-state index contributed by atoms with van der Waals surface area (Å²) in [6.07, 6.45) is -7.89. The first kappa shape index (κ1) is 24.4. The van der Waals surface area contributed by atoms with E-state index in [0.29, 0.717) is 0 Å². The highest BCUT2D eigenvalue weighted by atomic mass is 19.4. The molecule has 2 heterocycles. The molecule has 2 aromatic heterocycles. The highest BCUT2D eigenvalue weighted by molar-refractivity contribution is 5.93. The summed E-state index contributed by atoms with van der Waals surface area (Å²) >= 11 is 0. The van der Waals surface area contributed by atoms with Crippen LogP contribution in [-0.4, -0.2) is 26.2 Å². The maximum atomic E-state index is 13.2. The number of halogens is 6. The van der Waals surface area contributed by atoms with Crippen LogP contribution in [0.15, 0.2) is 65.7 Å². The summed E-state index contributed by atoms with van der Waals surface area (Å²) in [7, 11) is 0. The average Bonchev–Trinajstić information content (AvgIpc) is 2.82. The summed E-state index contributed by atoms with van der Waals surface area (Å²) in [5.41, 5.74) is -1.47. The Labute approximate surface area is 194 Å². The molecule has 0 amide bonds.